The maximum atomic E-state index is 11.8. The van der Waals surface area contributed by atoms with E-state index in [0.717, 1.165) is 45.3 Å². The molecule has 3 atom stereocenters. The summed E-state index contributed by atoms with van der Waals surface area (Å²) in [6.45, 7) is 1.64. The molecule has 4 nitrogen and oxygen atoms in total. The second kappa shape index (κ2) is 7.10. The Morgan fingerprint density at radius 1 is 1.28 bits per heavy atom. The lowest BCUT2D eigenvalue weighted by Gasteiger charge is -2.26. The second-order valence-corrected chi connectivity index (χ2v) is 5.77. The third kappa shape index (κ3) is 4.58. The number of rotatable bonds is 5. The molecule has 4 heteroatoms. The van der Waals surface area contributed by atoms with E-state index in [0.29, 0.717) is 24.5 Å². The summed E-state index contributed by atoms with van der Waals surface area (Å²) in [5.41, 5.74) is 5.94. The van der Waals surface area contributed by atoms with E-state index in [1.54, 1.807) is 0 Å². The predicted octanol–water partition coefficient (Wildman–Crippen LogP) is 1.58. The molecule has 0 aromatic heterocycles. The first kappa shape index (κ1) is 13.8. The normalized spacial score (nSPS) is 32.4. The van der Waals surface area contributed by atoms with Crippen molar-refractivity contribution in [3.05, 3.63) is 0 Å². The fraction of sp³-hybridized carbons (Fsp3) is 0.929. The van der Waals surface area contributed by atoms with Crippen LogP contribution in [0, 0.1) is 5.92 Å². The van der Waals surface area contributed by atoms with Gasteiger partial charge in [-0.15, -0.1) is 0 Å². The Morgan fingerprint density at radius 3 is 2.89 bits per heavy atom. The number of hydrogen-bond donors (Lipinski definition) is 2. The van der Waals surface area contributed by atoms with Crippen molar-refractivity contribution in [2.75, 3.05) is 13.2 Å². The van der Waals surface area contributed by atoms with E-state index in [-0.39, 0.29) is 5.91 Å². The van der Waals surface area contributed by atoms with Gasteiger partial charge in [-0.3, -0.25) is 4.79 Å². The van der Waals surface area contributed by atoms with E-state index < -0.39 is 0 Å². The van der Waals surface area contributed by atoms with Gasteiger partial charge in [0.25, 0.3) is 0 Å². The van der Waals surface area contributed by atoms with Crippen LogP contribution >= 0.6 is 0 Å². The smallest absolute Gasteiger partial charge is 0.220 e. The highest BCUT2D eigenvalue weighted by Gasteiger charge is 2.21. The molecular formula is C14H26N2O2. The van der Waals surface area contributed by atoms with Crippen LogP contribution in [0.15, 0.2) is 0 Å². The van der Waals surface area contributed by atoms with Gasteiger partial charge < -0.3 is 15.8 Å². The minimum Gasteiger partial charge on any atom is -0.378 e. The molecule has 1 aliphatic heterocycles. The topological polar surface area (TPSA) is 64.4 Å². The van der Waals surface area contributed by atoms with Gasteiger partial charge in [-0.25, -0.2) is 0 Å². The fourth-order valence-corrected chi connectivity index (χ4v) is 3.10. The average Bonchev–Trinajstić information content (AvgIpc) is 2.82. The number of nitrogens with two attached hydrogens (primary N) is 1. The van der Waals surface area contributed by atoms with Crippen LogP contribution in [0.1, 0.15) is 51.4 Å². The Hall–Kier alpha value is -0.610. The minimum absolute atomic E-state index is 0.187. The van der Waals surface area contributed by atoms with Crippen molar-refractivity contribution in [2.45, 2.75) is 63.5 Å². The largest absolute Gasteiger partial charge is 0.378 e. The van der Waals surface area contributed by atoms with E-state index in [9.17, 15) is 4.79 Å². The Labute approximate surface area is 110 Å². The quantitative estimate of drug-likeness (QED) is 0.783. The summed E-state index contributed by atoms with van der Waals surface area (Å²) in [7, 11) is 0. The lowest BCUT2D eigenvalue weighted by atomic mass is 9.84. The molecule has 3 N–H and O–H groups in total. The van der Waals surface area contributed by atoms with Crippen molar-refractivity contribution in [3.63, 3.8) is 0 Å². The number of hydrogen-bond acceptors (Lipinski definition) is 3. The Morgan fingerprint density at radius 2 is 2.17 bits per heavy atom. The summed E-state index contributed by atoms with van der Waals surface area (Å²) in [4.78, 5) is 11.8. The van der Waals surface area contributed by atoms with Gasteiger partial charge in [-0.2, -0.15) is 0 Å². The number of nitrogens with one attached hydrogen (secondary N) is 1. The summed E-state index contributed by atoms with van der Waals surface area (Å²) >= 11 is 0. The maximum Gasteiger partial charge on any atom is 0.220 e. The third-order valence-electron chi connectivity index (χ3n) is 4.11. The van der Waals surface area contributed by atoms with Crippen molar-refractivity contribution in [1.29, 1.82) is 0 Å². The van der Waals surface area contributed by atoms with Crippen molar-refractivity contribution in [2.24, 2.45) is 11.7 Å². The molecule has 0 aromatic carbocycles. The maximum absolute atomic E-state index is 11.8. The van der Waals surface area contributed by atoms with Gasteiger partial charge in [0.05, 0.1) is 6.10 Å². The molecule has 0 spiro atoms. The predicted molar refractivity (Wildman–Crippen MR) is 71.2 cm³/mol. The van der Waals surface area contributed by atoms with Crippen LogP contribution in [0.25, 0.3) is 0 Å². The zero-order chi connectivity index (χ0) is 12.8. The first-order valence-corrected chi connectivity index (χ1v) is 7.38. The van der Waals surface area contributed by atoms with Crippen LogP contribution in [0.4, 0.5) is 0 Å². The van der Waals surface area contributed by atoms with E-state index in [1.165, 1.54) is 12.8 Å². The van der Waals surface area contributed by atoms with Crippen LogP contribution in [-0.4, -0.2) is 31.2 Å². The van der Waals surface area contributed by atoms with Crippen molar-refractivity contribution in [3.8, 4) is 0 Å². The summed E-state index contributed by atoms with van der Waals surface area (Å²) in [5.74, 6) is 0.684. The zero-order valence-electron chi connectivity index (χ0n) is 11.2. The summed E-state index contributed by atoms with van der Waals surface area (Å²) in [5, 5.41) is 3.01. The molecule has 104 valence electrons. The highest BCUT2D eigenvalue weighted by Crippen LogP contribution is 2.25. The van der Waals surface area contributed by atoms with Gasteiger partial charge in [0.15, 0.2) is 0 Å². The number of ether oxygens (including phenoxy) is 1. The highest BCUT2D eigenvalue weighted by atomic mass is 16.5. The molecule has 2 rings (SSSR count). The van der Waals surface area contributed by atoms with E-state index in [1.807, 2.05) is 0 Å². The second-order valence-electron chi connectivity index (χ2n) is 5.77. The van der Waals surface area contributed by atoms with Crippen LogP contribution in [0.2, 0.25) is 0 Å². The lowest BCUT2D eigenvalue weighted by molar-refractivity contribution is -0.122. The van der Waals surface area contributed by atoms with Gasteiger partial charge in [-0.1, -0.05) is 6.42 Å². The average molecular weight is 254 g/mol. The van der Waals surface area contributed by atoms with Crippen LogP contribution in [0.5, 0.6) is 0 Å². The molecule has 1 saturated heterocycles. The molecule has 1 saturated carbocycles. The molecular weight excluding hydrogens is 228 g/mol. The number of carbonyl (C=O) groups is 1. The minimum atomic E-state index is 0.187. The third-order valence-corrected chi connectivity index (χ3v) is 4.11. The molecule has 0 radical (unpaired) electrons. The van der Waals surface area contributed by atoms with E-state index in [4.69, 9.17) is 10.5 Å². The molecule has 18 heavy (non-hydrogen) atoms. The Bertz CT molecular complexity index is 265. The molecule has 2 aliphatic rings. The van der Waals surface area contributed by atoms with E-state index in [2.05, 4.69) is 5.32 Å². The highest BCUT2D eigenvalue weighted by molar-refractivity contribution is 5.76. The number of carbonyl (C=O) groups excluding carboxylic acids is 1. The van der Waals surface area contributed by atoms with Crippen molar-refractivity contribution >= 4 is 5.91 Å². The molecule has 0 bridgehead atoms. The summed E-state index contributed by atoms with van der Waals surface area (Å²) in [6, 6.07) is 0.309. The Kier molecular flexibility index (Phi) is 5.45. The van der Waals surface area contributed by atoms with Crippen molar-refractivity contribution in [1.82, 2.24) is 5.32 Å². The molecule has 2 fully saturated rings. The molecule has 1 amide bonds. The fourth-order valence-electron chi connectivity index (χ4n) is 3.10. The molecule has 1 aliphatic carbocycles. The zero-order valence-corrected chi connectivity index (χ0v) is 11.2. The van der Waals surface area contributed by atoms with Gasteiger partial charge in [0.2, 0.25) is 5.91 Å². The molecule has 3 unspecified atom stereocenters. The lowest BCUT2D eigenvalue weighted by Crippen LogP contribution is -2.33. The standard InChI is InChI=1S/C14H26N2O2/c15-12-4-1-3-11(9-12)10-14(17)16-7-6-13-5-2-8-18-13/h11-13H,1-10,15H2,(H,16,17). The summed E-state index contributed by atoms with van der Waals surface area (Å²) in [6.07, 6.45) is 8.76. The van der Waals surface area contributed by atoms with Gasteiger partial charge in [-0.05, 0) is 44.4 Å². The van der Waals surface area contributed by atoms with Crippen molar-refractivity contribution < 1.29 is 9.53 Å². The molecule has 1 heterocycles. The first-order chi connectivity index (χ1) is 8.74. The number of amides is 1. The van der Waals surface area contributed by atoms with Crippen LogP contribution in [0.3, 0.4) is 0 Å². The van der Waals surface area contributed by atoms with Gasteiger partial charge in [0, 0.05) is 25.6 Å². The van der Waals surface area contributed by atoms with Crippen LogP contribution < -0.4 is 11.1 Å². The molecule has 0 aromatic rings. The van der Waals surface area contributed by atoms with Gasteiger partial charge >= 0.3 is 0 Å². The van der Waals surface area contributed by atoms with Crippen LogP contribution in [-0.2, 0) is 9.53 Å². The van der Waals surface area contributed by atoms with E-state index >= 15 is 0 Å². The Balaban J connectivity index is 1.56. The summed E-state index contributed by atoms with van der Waals surface area (Å²) < 4.78 is 5.53. The first-order valence-electron chi connectivity index (χ1n) is 7.38. The monoisotopic (exact) mass is 254 g/mol. The van der Waals surface area contributed by atoms with Gasteiger partial charge in [0.1, 0.15) is 0 Å². The SMILES string of the molecule is NC1CCCC(CC(=O)NCCC2CCCO2)C1.